The summed E-state index contributed by atoms with van der Waals surface area (Å²) >= 11 is 0. The van der Waals surface area contributed by atoms with Crippen LogP contribution >= 0.6 is 0 Å². The van der Waals surface area contributed by atoms with E-state index >= 15 is 0 Å². The summed E-state index contributed by atoms with van der Waals surface area (Å²) in [5.41, 5.74) is 1.53. The van der Waals surface area contributed by atoms with E-state index in [-0.39, 0.29) is 11.7 Å². The van der Waals surface area contributed by atoms with Gasteiger partial charge in [0.2, 0.25) is 0 Å². The third-order valence-electron chi connectivity index (χ3n) is 2.49. The van der Waals surface area contributed by atoms with E-state index in [1.54, 1.807) is 12.1 Å². The number of phenolic OH excluding ortho intramolecular Hbond substituents is 1. The molecule has 0 saturated heterocycles. The monoisotopic (exact) mass is 218 g/mol. The first-order chi connectivity index (χ1) is 7.59. The Kier molecular flexibility index (Phi) is 2.64. The number of hydrogen-bond donors (Lipinski definition) is 1. The second-order valence-electron chi connectivity index (χ2n) is 4.06. The van der Waals surface area contributed by atoms with Crippen molar-refractivity contribution in [3.8, 4) is 17.2 Å². The van der Waals surface area contributed by atoms with E-state index in [0.29, 0.717) is 11.7 Å². The summed E-state index contributed by atoms with van der Waals surface area (Å²) in [5.74, 6) is 1.60. The number of rotatable bonds is 2. The largest absolute Gasteiger partial charge is 0.508 e. The molecular formula is C12H14N2O2. The van der Waals surface area contributed by atoms with E-state index in [2.05, 4.69) is 10.1 Å². The molecule has 4 nitrogen and oxygen atoms in total. The molecular weight excluding hydrogens is 204 g/mol. The van der Waals surface area contributed by atoms with Crippen LogP contribution in [0.3, 0.4) is 0 Å². The SMILES string of the molecule is Cc1c(O)cccc1-c1nc(C(C)C)no1. The van der Waals surface area contributed by atoms with E-state index in [1.807, 2.05) is 26.8 Å². The number of aromatic nitrogens is 2. The fourth-order valence-electron chi connectivity index (χ4n) is 1.43. The summed E-state index contributed by atoms with van der Waals surface area (Å²) in [6.07, 6.45) is 0. The van der Waals surface area contributed by atoms with Gasteiger partial charge in [-0.05, 0) is 19.1 Å². The third-order valence-corrected chi connectivity index (χ3v) is 2.49. The van der Waals surface area contributed by atoms with Crippen LogP contribution in [0.1, 0.15) is 31.2 Å². The van der Waals surface area contributed by atoms with Crippen LogP contribution in [0.15, 0.2) is 22.7 Å². The van der Waals surface area contributed by atoms with Gasteiger partial charge in [0, 0.05) is 17.0 Å². The highest BCUT2D eigenvalue weighted by atomic mass is 16.5. The Morgan fingerprint density at radius 2 is 2.06 bits per heavy atom. The van der Waals surface area contributed by atoms with Crippen LogP contribution in [0.2, 0.25) is 0 Å². The van der Waals surface area contributed by atoms with Crippen LogP contribution in [0.25, 0.3) is 11.5 Å². The van der Waals surface area contributed by atoms with E-state index in [4.69, 9.17) is 4.52 Å². The lowest BCUT2D eigenvalue weighted by molar-refractivity contribution is 0.418. The van der Waals surface area contributed by atoms with Gasteiger partial charge in [0.25, 0.3) is 5.89 Å². The number of benzene rings is 1. The number of nitrogens with zero attached hydrogens (tertiary/aromatic N) is 2. The standard InChI is InChI=1S/C12H14N2O2/c1-7(2)11-13-12(16-14-11)9-5-4-6-10(15)8(9)3/h4-7,15H,1-3H3. The third kappa shape index (κ3) is 1.78. The molecule has 4 heteroatoms. The zero-order valence-corrected chi connectivity index (χ0v) is 9.56. The van der Waals surface area contributed by atoms with Crippen molar-refractivity contribution < 1.29 is 9.63 Å². The number of phenols is 1. The summed E-state index contributed by atoms with van der Waals surface area (Å²) in [6, 6.07) is 5.25. The van der Waals surface area contributed by atoms with Gasteiger partial charge in [-0.3, -0.25) is 0 Å². The van der Waals surface area contributed by atoms with Crippen molar-refractivity contribution >= 4 is 0 Å². The molecule has 0 amide bonds. The van der Waals surface area contributed by atoms with Crippen LogP contribution in [0, 0.1) is 6.92 Å². The van der Waals surface area contributed by atoms with Crippen LogP contribution in [-0.4, -0.2) is 15.2 Å². The minimum absolute atomic E-state index is 0.232. The van der Waals surface area contributed by atoms with Crippen LogP contribution in [0.5, 0.6) is 5.75 Å². The molecule has 2 rings (SSSR count). The van der Waals surface area contributed by atoms with Gasteiger partial charge < -0.3 is 9.63 Å². The van der Waals surface area contributed by atoms with Gasteiger partial charge in [0.1, 0.15) is 5.75 Å². The van der Waals surface area contributed by atoms with Gasteiger partial charge in [0.15, 0.2) is 5.82 Å². The molecule has 0 atom stereocenters. The van der Waals surface area contributed by atoms with E-state index in [1.165, 1.54) is 0 Å². The summed E-state index contributed by atoms with van der Waals surface area (Å²) in [4.78, 5) is 4.29. The van der Waals surface area contributed by atoms with Gasteiger partial charge in [-0.1, -0.05) is 25.1 Å². The second kappa shape index (κ2) is 3.96. The fraction of sp³-hybridized carbons (Fsp3) is 0.333. The Bertz CT molecular complexity index is 503. The highest BCUT2D eigenvalue weighted by Gasteiger charge is 2.14. The van der Waals surface area contributed by atoms with Gasteiger partial charge in [-0.15, -0.1) is 0 Å². The summed E-state index contributed by atoms with van der Waals surface area (Å²) < 4.78 is 5.18. The molecule has 84 valence electrons. The predicted octanol–water partition coefficient (Wildman–Crippen LogP) is 2.87. The van der Waals surface area contributed by atoms with Crippen LogP contribution in [-0.2, 0) is 0 Å². The van der Waals surface area contributed by atoms with Gasteiger partial charge >= 0.3 is 0 Å². The number of aromatic hydroxyl groups is 1. The number of hydrogen-bond acceptors (Lipinski definition) is 4. The Balaban J connectivity index is 2.47. The predicted molar refractivity (Wildman–Crippen MR) is 60.2 cm³/mol. The Morgan fingerprint density at radius 3 is 2.69 bits per heavy atom. The smallest absolute Gasteiger partial charge is 0.258 e. The average Bonchev–Trinajstić information content (AvgIpc) is 2.71. The molecule has 0 saturated carbocycles. The van der Waals surface area contributed by atoms with Crippen molar-refractivity contribution in [2.24, 2.45) is 0 Å². The molecule has 0 fully saturated rings. The lowest BCUT2D eigenvalue weighted by Gasteiger charge is -2.02. The second-order valence-corrected chi connectivity index (χ2v) is 4.06. The molecule has 0 aliphatic rings. The maximum Gasteiger partial charge on any atom is 0.258 e. The lowest BCUT2D eigenvalue weighted by atomic mass is 10.1. The van der Waals surface area contributed by atoms with E-state index < -0.39 is 0 Å². The molecule has 0 aliphatic carbocycles. The molecule has 1 N–H and O–H groups in total. The van der Waals surface area contributed by atoms with Crippen molar-refractivity contribution in [3.63, 3.8) is 0 Å². The summed E-state index contributed by atoms with van der Waals surface area (Å²) in [5, 5.41) is 13.5. The highest BCUT2D eigenvalue weighted by Crippen LogP contribution is 2.28. The Morgan fingerprint density at radius 1 is 1.31 bits per heavy atom. The first-order valence-electron chi connectivity index (χ1n) is 5.22. The maximum absolute atomic E-state index is 9.59. The average molecular weight is 218 g/mol. The molecule has 2 aromatic rings. The first kappa shape index (κ1) is 10.7. The molecule has 0 bridgehead atoms. The minimum Gasteiger partial charge on any atom is -0.508 e. The van der Waals surface area contributed by atoms with Gasteiger partial charge in [0.05, 0.1) is 0 Å². The molecule has 0 aliphatic heterocycles. The zero-order chi connectivity index (χ0) is 11.7. The normalized spacial score (nSPS) is 11.0. The molecule has 1 aromatic carbocycles. The topological polar surface area (TPSA) is 59.2 Å². The first-order valence-corrected chi connectivity index (χ1v) is 5.22. The van der Waals surface area contributed by atoms with Crippen molar-refractivity contribution in [3.05, 3.63) is 29.6 Å². The van der Waals surface area contributed by atoms with Crippen LogP contribution < -0.4 is 0 Å². The molecule has 1 aromatic heterocycles. The molecule has 0 radical (unpaired) electrons. The summed E-state index contributed by atoms with van der Waals surface area (Å²) in [6.45, 7) is 5.83. The minimum atomic E-state index is 0.232. The van der Waals surface area contributed by atoms with E-state index in [9.17, 15) is 5.11 Å². The Labute approximate surface area is 93.9 Å². The Hall–Kier alpha value is -1.84. The zero-order valence-electron chi connectivity index (χ0n) is 9.56. The van der Waals surface area contributed by atoms with Gasteiger partial charge in [-0.25, -0.2) is 0 Å². The van der Waals surface area contributed by atoms with Crippen molar-refractivity contribution in [2.45, 2.75) is 26.7 Å². The van der Waals surface area contributed by atoms with Crippen molar-refractivity contribution in [1.29, 1.82) is 0 Å². The maximum atomic E-state index is 9.59. The van der Waals surface area contributed by atoms with Crippen molar-refractivity contribution in [2.75, 3.05) is 0 Å². The highest BCUT2D eigenvalue weighted by molar-refractivity contribution is 5.61. The molecule has 1 heterocycles. The summed E-state index contributed by atoms with van der Waals surface area (Å²) in [7, 11) is 0. The van der Waals surface area contributed by atoms with Crippen LogP contribution in [0.4, 0.5) is 0 Å². The van der Waals surface area contributed by atoms with Crippen molar-refractivity contribution in [1.82, 2.24) is 10.1 Å². The fourth-order valence-corrected chi connectivity index (χ4v) is 1.43. The van der Waals surface area contributed by atoms with Gasteiger partial charge in [-0.2, -0.15) is 4.98 Å². The molecule has 0 spiro atoms. The molecule has 16 heavy (non-hydrogen) atoms. The van der Waals surface area contributed by atoms with E-state index in [0.717, 1.165) is 11.1 Å². The molecule has 0 unspecified atom stereocenters. The lowest BCUT2D eigenvalue weighted by Crippen LogP contribution is -1.90. The quantitative estimate of drug-likeness (QED) is 0.842.